The SMILES string of the molecule is CCC(=O)c1c(-c2ccc(Oc3ccc(F)cc3)cc2)oc2cc(N(C)S(C)(=O)=O)c(-c3cccc(C(=O)NCC(F)(F)F)c3)cc12. The molecule has 1 heterocycles. The molecule has 0 radical (unpaired) electrons. The number of hydrogen-bond donors (Lipinski definition) is 1. The van der Waals surface area contributed by atoms with Crippen LogP contribution in [0, 0.1) is 5.82 Å². The Labute approximate surface area is 267 Å². The maximum absolute atomic E-state index is 13.4. The van der Waals surface area contributed by atoms with Crippen LogP contribution in [-0.2, 0) is 10.0 Å². The number of nitrogens with one attached hydrogen (secondary N) is 1. The summed E-state index contributed by atoms with van der Waals surface area (Å²) < 4.78 is 89.8. The summed E-state index contributed by atoms with van der Waals surface area (Å²) in [7, 11) is -2.51. The monoisotopic (exact) mass is 668 g/mol. The summed E-state index contributed by atoms with van der Waals surface area (Å²) >= 11 is 0. The second kappa shape index (κ2) is 12.9. The zero-order valence-electron chi connectivity index (χ0n) is 25.3. The summed E-state index contributed by atoms with van der Waals surface area (Å²) in [6, 6.07) is 20.9. The first-order valence-electron chi connectivity index (χ1n) is 14.2. The van der Waals surface area contributed by atoms with Gasteiger partial charge in [-0.3, -0.25) is 13.9 Å². The molecule has 8 nitrogen and oxygen atoms in total. The van der Waals surface area contributed by atoms with Gasteiger partial charge in [0, 0.05) is 41.6 Å². The van der Waals surface area contributed by atoms with Gasteiger partial charge in [0.1, 0.15) is 35.2 Å². The minimum atomic E-state index is -4.61. The van der Waals surface area contributed by atoms with Crippen molar-refractivity contribution in [2.75, 3.05) is 24.2 Å². The van der Waals surface area contributed by atoms with Gasteiger partial charge in [0.05, 0.1) is 17.5 Å². The zero-order valence-corrected chi connectivity index (χ0v) is 26.1. The number of fused-ring (bicyclic) bond motifs is 1. The van der Waals surface area contributed by atoms with Crippen LogP contribution < -0.4 is 14.4 Å². The number of ketones is 1. The third-order valence-electron chi connectivity index (χ3n) is 7.29. The molecule has 4 aromatic carbocycles. The number of rotatable bonds is 10. The van der Waals surface area contributed by atoms with Crippen LogP contribution in [0.4, 0.5) is 23.2 Å². The van der Waals surface area contributed by atoms with Crippen molar-refractivity contribution in [2.45, 2.75) is 19.5 Å². The lowest BCUT2D eigenvalue weighted by molar-refractivity contribution is -0.123. The molecule has 0 saturated heterocycles. The predicted molar refractivity (Wildman–Crippen MR) is 170 cm³/mol. The smallest absolute Gasteiger partial charge is 0.405 e. The summed E-state index contributed by atoms with van der Waals surface area (Å²) in [4.78, 5) is 25.9. The molecule has 0 bridgehead atoms. The fraction of sp³-hybridized carbons (Fsp3) is 0.176. The Bertz CT molecular complexity index is 2070. The molecule has 0 saturated carbocycles. The molecule has 1 N–H and O–H groups in total. The van der Waals surface area contributed by atoms with Gasteiger partial charge < -0.3 is 14.5 Å². The van der Waals surface area contributed by atoms with E-state index in [2.05, 4.69) is 0 Å². The van der Waals surface area contributed by atoms with Crippen LogP contribution >= 0.6 is 0 Å². The molecule has 1 amide bonds. The summed E-state index contributed by atoms with van der Waals surface area (Å²) in [5.41, 5.74) is 1.63. The van der Waals surface area contributed by atoms with E-state index >= 15 is 0 Å². The van der Waals surface area contributed by atoms with E-state index in [0.29, 0.717) is 28.0 Å². The molecular weight excluding hydrogens is 640 g/mol. The highest BCUT2D eigenvalue weighted by Gasteiger charge is 2.29. The minimum Gasteiger partial charge on any atom is -0.457 e. The maximum atomic E-state index is 13.4. The summed E-state index contributed by atoms with van der Waals surface area (Å²) in [5, 5.41) is 2.19. The van der Waals surface area contributed by atoms with Crippen LogP contribution in [0.1, 0.15) is 34.1 Å². The topological polar surface area (TPSA) is 106 Å². The molecule has 0 spiro atoms. The highest BCUT2D eigenvalue weighted by Crippen LogP contribution is 2.42. The van der Waals surface area contributed by atoms with E-state index in [0.717, 1.165) is 10.6 Å². The number of benzene rings is 4. The lowest BCUT2D eigenvalue weighted by Gasteiger charge is -2.21. The molecule has 5 rings (SSSR count). The molecule has 47 heavy (non-hydrogen) atoms. The second-order valence-corrected chi connectivity index (χ2v) is 12.7. The van der Waals surface area contributed by atoms with Crippen LogP contribution in [0.5, 0.6) is 11.5 Å². The predicted octanol–water partition coefficient (Wildman–Crippen LogP) is 7.98. The van der Waals surface area contributed by atoms with E-state index in [4.69, 9.17) is 9.15 Å². The van der Waals surface area contributed by atoms with E-state index in [1.807, 2.05) is 5.32 Å². The number of alkyl halides is 3. The van der Waals surface area contributed by atoms with Crippen LogP contribution in [0.3, 0.4) is 0 Å². The van der Waals surface area contributed by atoms with Crippen LogP contribution in [-0.4, -0.2) is 46.1 Å². The molecule has 13 heteroatoms. The van der Waals surface area contributed by atoms with Crippen molar-refractivity contribution in [2.24, 2.45) is 0 Å². The van der Waals surface area contributed by atoms with Gasteiger partial charge in [-0.25, -0.2) is 12.8 Å². The van der Waals surface area contributed by atoms with Crippen molar-refractivity contribution in [3.63, 3.8) is 0 Å². The molecule has 5 aromatic rings. The Morgan fingerprint density at radius 3 is 2.15 bits per heavy atom. The standard InChI is InChI=1S/C34H28F4N2O6S/c1-4-29(41)31-27-17-26(21-6-5-7-22(16-21)33(42)39-19-34(36,37)38)28(40(2)47(3,43)44)18-30(27)46-32(31)20-8-12-24(13-9-20)45-25-14-10-23(35)11-15-25/h5-18H,4,19H2,1-3H3,(H,39,42). The minimum absolute atomic E-state index is 0.0829. The number of ether oxygens (including phenoxy) is 1. The van der Waals surface area contributed by atoms with Gasteiger partial charge in [0.15, 0.2) is 5.78 Å². The van der Waals surface area contributed by atoms with Crippen LogP contribution in [0.15, 0.2) is 89.3 Å². The molecular formula is C34H28F4N2O6S. The number of furan rings is 1. The largest absolute Gasteiger partial charge is 0.457 e. The van der Waals surface area contributed by atoms with Gasteiger partial charge in [0.25, 0.3) is 5.91 Å². The molecule has 0 atom stereocenters. The average molecular weight is 669 g/mol. The van der Waals surface area contributed by atoms with Gasteiger partial charge >= 0.3 is 6.18 Å². The maximum Gasteiger partial charge on any atom is 0.405 e. The average Bonchev–Trinajstić information content (AvgIpc) is 3.41. The van der Waals surface area contributed by atoms with Crippen LogP contribution in [0.2, 0.25) is 0 Å². The van der Waals surface area contributed by atoms with Crippen molar-refractivity contribution in [1.29, 1.82) is 0 Å². The lowest BCUT2D eigenvalue weighted by Crippen LogP contribution is -2.33. The van der Waals surface area contributed by atoms with Crippen molar-refractivity contribution in [1.82, 2.24) is 5.32 Å². The number of halogens is 4. The number of sulfonamides is 1. The first-order valence-corrected chi connectivity index (χ1v) is 16.1. The Morgan fingerprint density at radius 1 is 0.915 bits per heavy atom. The Hall–Kier alpha value is -5.17. The number of Topliss-reactive ketones (excluding diaryl/α,β-unsaturated/α-hetero) is 1. The van der Waals surface area contributed by atoms with E-state index < -0.39 is 34.5 Å². The van der Waals surface area contributed by atoms with E-state index in [1.54, 1.807) is 43.3 Å². The third-order valence-corrected chi connectivity index (χ3v) is 8.49. The molecule has 1 aromatic heterocycles. The van der Waals surface area contributed by atoms with E-state index in [1.165, 1.54) is 55.6 Å². The van der Waals surface area contributed by atoms with Crippen LogP contribution in [0.25, 0.3) is 33.4 Å². The molecule has 0 fully saturated rings. The van der Waals surface area contributed by atoms with Crippen molar-refractivity contribution < 1.29 is 44.7 Å². The van der Waals surface area contributed by atoms with Crippen molar-refractivity contribution in [3.05, 3.63) is 102 Å². The Balaban J connectivity index is 1.63. The highest BCUT2D eigenvalue weighted by molar-refractivity contribution is 7.92. The van der Waals surface area contributed by atoms with Gasteiger partial charge in [-0.15, -0.1) is 0 Å². The number of carbonyl (C=O) groups excluding carboxylic acids is 2. The number of carbonyl (C=O) groups is 2. The first-order chi connectivity index (χ1) is 22.1. The number of anilines is 1. The molecule has 0 unspecified atom stereocenters. The Morgan fingerprint density at radius 2 is 1.55 bits per heavy atom. The second-order valence-electron chi connectivity index (χ2n) is 10.6. The normalized spacial score (nSPS) is 11.8. The van der Waals surface area contributed by atoms with Gasteiger partial charge in [-0.1, -0.05) is 19.1 Å². The quantitative estimate of drug-likeness (QED) is 0.120. The summed E-state index contributed by atoms with van der Waals surface area (Å²) in [5.74, 6) is -0.548. The first kappa shape index (κ1) is 33.2. The molecule has 244 valence electrons. The van der Waals surface area contributed by atoms with Gasteiger partial charge in [0.2, 0.25) is 10.0 Å². The van der Waals surface area contributed by atoms with Gasteiger partial charge in [-0.2, -0.15) is 13.2 Å². The zero-order chi connectivity index (χ0) is 34.1. The highest BCUT2D eigenvalue weighted by atomic mass is 32.2. The molecule has 0 aliphatic carbocycles. The number of hydrogen-bond acceptors (Lipinski definition) is 6. The third kappa shape index (κ3) is 7.46. The summed E-state index contributed by atoms with van der Waals surface area (Å²) in [6.45, 7) is 0.157. The fourth-order valence-electron chi connectivity index (χ4n) is 4.88. The van der Waals surface area contributed by atoms with Crippen molar-refractivity contribution in [3.8, 4) is 33.9 Å². The van der Waals surface area contributed by atoms with Crippen molar-refractivity contribution >= 4 is 38.4 Å². The van der Waals surface area contributed by atoms with Gasteiger partial charge in [-0.05, 0) is 72.3 Å². The number of amides is 1. The molecule has 0 aliphatic rings. The number of nitrogens with zero attached hydrogens (tertiary/aromatic N) is 1. The molecule has 0 aliphatic heterocycles. The lowest BCUT2D eigenvalue weighted by atomic mass is 9.95. The van der Waals surface area contributed by atoms with E-state index in [-0.39, 0.29) is 45.9 Å². The summed E-state index contributed by atoms with van der Waals surface area (Å²) in [6.07, 6.45) is -3.50. The van der Waals surface area contributed by atoms with E-state index in [9.17, 15) is 35.6 Å². The Kier molecular flexibility index (Phi) is 9.12. The fourth-order valence-corrected chi connectivity index (χ4v) is 5.39.